The molecule has 2 N–H and O–H groups in total. The molecule has 1 aromatic rings. The van der Waals surface area contributed by atoms with Crippen LogP contribution in [0.15, 0.2) is 27.8 Å². The first kappa shape index (κ1) is 22.3. The first-order chi connectivity index (χ1) is 13.7. The molecule has 1 fully saturated rings. The van der Waals surface area contributed by atoms with Gasteiger partial charge in [-0.3, -0.25) is 14.7 Å². The smallest absolute Gasteiger partial charge is 0.224 e. The lowest BCUT2D eigenvalue weighted by atomic mass is 10.1. The van der Waals surface area contributed by atoms with Crippen LogP contribution < -0.4 is 10.6 Å². The van der Waals surface area contributed by atoms with E-state index < -0.39 is 0 Å². The van der Waals surface area contributed by atoms with Gasteiger partial charge in [0.05, 0.1) is 18.8 Å². The topological polar surface area (TPSA) is 73.1 Å². The summed E-state index contributed by atoms with van der Waals surface area (Å²) in [6.45, 7) is 11.7. The number of carbonyl (C=O) groups is 1. The zero-order valence-corrected chi connectivity index (χ0v) is 17.7. The summed E-state index contributed by atoms with van der Waals surface area (Å²) < 4.78 is 5.70. The van der Waals surface area contributed by atoms with Gasteiger partial charge in [0, 0.05) is 32.6 Å². The highest BCUT2D eigenvalue weighted by Crippen LogP contribution is 2.25. The maximum atomic E-state index is 12.2. The summed E-state index contributed by atoms with van der Waals surface area (Å²) in [4.78, 5) is 21.3. The molecule has 7 nitrogen and oxygen atoms in total. The van der Waals surface area contributed by atoms with Gasteiger partial charge in [-0.15, -0.1) is 0 Å². The summed E-state index contributed by atoms with van der Waals surface area (Å²) in [7, 11) is 0. The summed E-state index contributed by atoms with van der Waals surface area (Å²) in [6, 6.07) is 4.14. The highest BCUT2D eigenvalue weighted by atomic mass is 16.3. The predicted octanol–water partition coefficient (Wildman–Crippen LogP) is 2.62. The molecule has 1 saturated heterocycles. The van der Waals surface area contributed by atoms with Gasteiger partial charge in [0.1, 0.15) is 5.76 Å². The molecule has 0 spiro atoms. The van der Waals surface area contributed by atoms with E-state index in [2.05, 4.69) is 15.5 Å². The molecule has 0 radical (unpaired) electrons. The molecule has 28 heavy (non-hydrogen) atoms. The molecule has 1 aliphatic heterocycles. The largest absolute Gasteiger partial charge is 0.468 e. The van der Waals surface area contributed by atoms with Crippen molar-refractivity contribution in [2.75, 3.05) is 45.8 Å². The van der Waals surface area contributed by atoms with E-state index in [1.807, 2.05) is 37.8 Å². The Morgan fingerprint density at radius 3 is 2.57 bits per heavy atom. The van der Waals surface area contributed by atoms with Crippen LogP contribution in [-0.2, 0) is 4.79 Å². The Morgan fingerprint density at radius 1 is 1.21 bits per heavy atom. The van der Waals surface area contributed by atoms with E-state index in [0.717, 1.165) is 44.4 Å². The van der Waals surface area contributed by atoms with E-state index in [1.54, 1.807) is 6.26 Å². The highest BCUT2D eigenvalue weighted by molar-refractivity contribution is 5.81. The van der Waals surface area contributed by atoms with Crippen LogP contribution in [0.2, 0.25) is 0 Å². The molecular formula is C21H37N5O2. The maximum absolute atomic E-state index is 12.2. The number of guanidine groups is 1. The molecular weight excluding hydrogens is 354 g/mol. The van der Waals surface area contributed by atoms with E-state index in [9.17, 15) is 4.79 Å². The van der Waals surface area contributed by atoms with Crippen LogP contribution in [0.3, 0.4) is 0 Å². The Hall–Kier alpha value is -2.02. The van der Waals surface area contributed by atoms with Gasteiger partial charge in [0.25, 0.3) is 0 Å². The third-order valence-corrected chi connectivity index (χ3v) is 5.22. The zero-order valence-electron chi connectivity index (χ0n) is 17.7. The average molecular weight is 392 g/mol. The first-order valence-electron chi connectivity index (χ1n) is 10.8. The fourth-order valence-corrected chi connectivity index (χ4v) is 3.64. The van der Waals surface area contributed by atoms with Gasteiger partial charge < -0.3 is 20.0 Å². The lowest BCUT2D eigenvalue weighted by Gasteiger charge is -2.32. The van der Waals surface area contributed by atoms with Crippen LogP contribution >= 0.6 is 0 Å². The number of rotatable bonds is 10. The fraction of sp³-hybridized carbons (Fsp3) is 0.714. The molecule has 158 valence electrons. The number of likely N-dealkylation sites (tertiary alicyclic amines) is 1. The minimum absolute atomic E-state index is 0.156. The van der Waals surface area contributed by atoms with Crippen molar-refractivity contribution < 1.29 is 9.21 Å². The van der Waals surface area contributed by atoms with E-state index in [4.69, 9.17) is 9.41 Å². The summed E-state index contributed by atoms with van der Waals surface area (Å²) in [5.41, 5.74) is 0. The summed E-state index contributed by atoms with van der Waals surface area (Å²) >= 11 is 0. The van der Waals surface area contributed by atoms with Gasteiger partial charge in [-0.25, -0.2) is 0 Å². The first-order valence-corrected chi connectivity index (χ1v) is 10.8. The molecule has 0 bridgehead atoms. The summed E-state index contributed by atoms with van der Waals surface area (Å²) in [5.74, 6) is 1.90. The maximum Gasteiger partial charge on any atom is 0.224 e. The zero-order chi connectivity index (χ0) is 20.2. The quantitative estimate of drug-likeness (QED) is 0.474. The number of furan rings is 1. The van der Waals surface area contributed by atoms with Crippen molar-refractivity contribution in [3.63, 3.8) is 0 Å². The molecule has 1 aromatic heterocycles. The Labute approximate surface area is 169 Å². The SMILES string of the molecule is CCNC(=NCC(c1ccco1)N1CCCCC1)NCCC(=O)N(CC)CC. The van der Waals surface area contributed by atoms with Crippen molar-refractivity contribution in [1.29, 1.82) is 0 Å². The van der Waals surface area contributed by atoms with Gasteiger partial charge in [-0.2, -0.15) is 0 Å². The lowest BCUT2D eigenvalue weighted by Crippen LogP contribution is -2.41. The van der Waals surface area contributed by atoms with Crippen LogP contribution in [-0.4, -0.2) is 67.5 Å². The molecule has 1 atom stereocenters. The Morgan fingerprint density at radius 2 is 1.96 bits per heavy atom. The Bertz CT molecular complexity index is 578. The van der Waals surface area contributed by atoms with Crippen LogP contribution in [0.4, 0.5) is 0 Å². The van der Waals surface area contributed by atoms with Crippen molar-refractivity contribution >= 4 is 11.9 Å². The van der Waals surface area contributed by atoms with E-state index in [0.29, 0.717) is 19.5 Å². The highest BCUT2D eigenvalue weighted by Gasteiger charge is 2.24. The second-order valence-electron chi connectivity index (χ2n) is 7.09. The van der Waals surface area contributed by atoms with Crippen LogP contribution in [0.25, 0.3) is 0 Å². The summed E-state index contributed by atoms with van der Waals surface area (Å²) in [6.07, 6.45) is 5.97. The molecule has 7 heteroatoms. The molecule has 0 aromatic carbocycles. The number of nitrogens with zero attached hydrogens (tertiary/aromatic N) is 3. The third-order valence-electron chi connectivity index (χ3n) is 5.22. The lowest BCUT2D eigenvalue weighted by molar-refractivity contribution is -0.130. The monoisotopic (exact) mass is 391 g/mol. The third kappa shape index (κ3) is 6.86. The predicted molar refractivity (Wildman–Crippen MR) is 113 cm³/mol. The molecule has 2 rings (SSSR count). The van der Waals surface area contributed by atoms with Gasteiger partial charge in [-0.05, 0) is 58.8 Å². The second-order valence-corrected chi connectivity index (χ2v) is 7.09. The van der Waals surface area contributed by atoms with Gasteiger partial charge in [0.15, 0.2) is 5.96 Å². The summed E-state index contributed by atoms with van der Waals surface area (Å²) in [5, 5.41) is 6.58. The molecule has 1 aliphatic rings. The average Bonchev–Trinajstić information content (AvgIpc) is 3.24. The molecule has 1 unspecified atom stereocenters. The molecule has 0 aliphatic carbocycles. The number of piperidine rings is 1. The van der Waals surface area contributed by atoms with Crippen molar-refractivity contribution in [2.24, 2.45) is 4.99 Å². The van der Waals surface area contributed by atoms with Gasteiger partial charge in [0.2, 0.25) is 5.91 Å². The van der Waals surface area contributed by atoms with Gasteiger partial charge in [-0.1, -0.05) is 6.42 Å². The number of aliphatic imine (C=N–C) groups is 1. The van der Waals surface area contributed by atoms with Crippen molar-refractivity contribution in [3.05, 3.63) is 24.2 Å². The van der Waals surface area contributed by atoms with E-state index in [1.165, 1.54) is 19.3 Å². The van der Waals surface area contributed by atoms with Crippen LogP contribution in [0.5, 0.6) is 0 Å². The number of hydrogen-bond acceptors (Lipinski definition) is 4. The standard InChI is InChI=1S/C21H37N5O2/c1-4-22-21(23-13-12-20(27)25(5-2)6-3)24-17-18(19-11-10-16-28-19)26-14-8-7-9-15-26/h10-11,16,18H,4-9,12-15,17H2,1-3H3,(H2,22,23,24). The minimum atomic E-state index is 0.156. The van der Waals surface area contributed by atoms with Crippen molar-refractivity contribution in [3.8, 4) is 0 Å². The van der Waals surface area contributed by atoms with Gasteiger partial charge >= 0.3 is 0 Å². The fourth-order valence-electron chi connectivity index (χ4n) is 3.64. The number of carbonyl (C=O) groups excluding carboxylic acids is 1. The molecule has 1 amide bonds. The second kappa shape index (κ2) is 12.4. The van der Waals surface area contributed by atoms with Crippen molar-refractivity contribution in [2.45, 2.75) is 52.5 Å². The Balaban J connectivity index is 1.95. The van der Waals surface area contributed by atoms with Crippen molar-refractivity contribution in [1.82, 2.24) is 20.4 Å². The number of amides is 1. The van der Waals surface area contributed by atoms with E-state index >= 15 is 0 Å². The minimum Gasteiger partial charge on any atom is -0.468 e. The van der Waals surface area contributed by atoms with Crippen LogP contribution in [0, 0.1) is 0 Å². The number of nitrogens with one attached hydrogen (secondary N) is 2. The molecule has 0 saturated carbocycles. The van der Waals surface area contributed by atoms with E-state index in [-0.39, 0.29) is 11.9 Å². The normalized spacial score (nSPS) is 16.6. The Kier molecular flexibility index (Phi) is 9.90. The van der Waals surface area contributed by atoms with Crippen LogP contribution in [0.1, 0.15) is 58.3 Å². The molecule has 2 heterocycles. The number of hydrogen-bond donors (Lipinski definition) is 2.